The molecule has 2 heteroatoms. The molecule has 1 saturated heterocycles. The molecule has 0 N–H and O–H groups in total. The fourth-order valence-corrected chi connectivity index (χ4v) is 2.81. The molecule has 1 aliphatic carbocycles. The summed E-state index contributed by atoms with van der Waals surface area (Å²) in [5.74, 6) is 1.92. The van der Waals surface area contributed by atoms with E-state index < -0.39 is 0 Å². The molecular weight excluding hydrogens is 182 g/mol. The lowest BCUT2D eigenvalue weighted by molar-refractivity contribution is 0.167. The van der Waals surface area contributed by atoms with Gasteiger partial charge in [0.1, 0.15) is 0 Å². The normalized spacial score (nSPS) is 33.2. The van der Waals surface area contributed by atoms with E-state index in [0.29, 0.717) is 5.38 Å². The third-order valence-electron chi connectivity index (χ3n) is 3.72. The lowest BCUT2D eigenvalue weighted by atomic mass is 9.76. The van der Waals surface area contributed by atoms with Gasteiger partial charge in [-0.2, -0.15) is 0 Å². The van der Waals surface area contributed by atoms with E-state index in [4.69, 9.17) is 11.6 Å². The summed E-state index contributed by atoms with van der Waals surface area (Å²) in [7, 11) is 0. The van der Waals surface area contributed by atoms with E-state index in [1.54, 1.807) is 0 Å². The Morgan fingerprint density at radius 3 is 2.62 bits per heavy atom. The number of nitrogens with zero attached hydrogens (tertiary/aromatic N) is 1. The number of rotatable bonds is 3. The molecule has 2 aliphatic rings. The Labute approximate surface area is 86.4 Å². The fraction of sp³-hybridized carbons (Fsp3) is 1.00. The highest BCUT2D eigenvalue weighted by Gasteiger charge is 2.27. The molecular formula is C11H20ClN. The number of hydrogen-bond acceptors (Lipinski definition) is 1. The summed E-state index contributed by atoms with van der Waals surface area (Å²) < 4.78 is 0. The Hall–Kier alpha value is 0.250. The van der Waals surface area contributed by atoms with Gasteiger partial charge < -0.3 is 4.90 Å². The van der Waals surface area contributed by atoms with Crippen LogP contribution in [0, 0.1) is 11.8 Å². The zero-order valence-electron chi connectivity index (χ0n) is 8.51. The second kappa shape index (κ2) is 4.18. The largest absolute Gasteiger partial charge is 0.302 e. The van der Waals surface area contributed by atoms with E-state index in [-0.39, 0.29) is 0 Å². The monoisotopic (exact) mass is 201 g/mol. The molecule has 0 amide bonds. The van der Waals surface area contributed by atoms with Crippen molar-refractivity contribution < 1.29 is 0 Å². The lowest BCUT2D eigenvalue weighted by Gasteiger charge is -2.33. The van der Waals surface area contributed by atoms with Crippen LogP contribution in [0.4, 0.5) is 0 Å². The number of halogens is 1. The van der Waals surface area contributed by atoms with Crippen molar-refractivity contribution in [3.63, 3.8) is 0 Å². The summed E-state index contributed by atoms with van der Waals surface area (Å²) in [5, 5.41) is 0.425. The lowest BCUT2D eigenvalue weighted by Crippen LogP contribution is -2.32. The molecule has 13 heavy (non-hydrogen) atoms. The average molecular weight is 202 g/mol. The zero-order valence-corrected chi connectivity index (χ0v) is 9.26. The van der Waals surface area contributed by atoms with Gasteiger partial charge in [0.25, 0.3) is 0 Å². The molecule has 0 bridgehead atoms. The van der Waals surface area contributed by atoms with E-state index in [1.807, 2.05) is 0 Å². The Kier molecular flexibility index (Phi) is 3.15. The second-order valence-corrected chi connectivity index (χ2v) is 5.43. The molecule has 0 aromatic rings. The molecule has 2 fully saturated rings. The molecule has 1 nitrogen and oxygen atoms in total. The van der Waals surface area contributed by atoms with Gasteiger partial charge in [-0.3, -0.25) is 0 Å². The van der Waals surface area contributed by atoms with Crippen LogP contribution in [0.2, 0.25) is 0 Å². The number of likely N-dealkylation sites (tertiary alicyclic amines) is 1. The van der Waals surface area contributed by atoms with E-state index in [1.165, 1.54) is 38.8 Å². The summed E-state index contributed by atoms with van der Waals surface area (Å²) in [4.78, 5) is 2.54. The first-order valence-corrected chi connectivity index (χ1v) is 6.06. The molecule has 0 radical (unpaired) electrons. The predicted molar refractivity (Wildman–Crippen MR) is 57.2 cm³/mol. The highest BCUT2D eigenvalue weighted by atomic mass is 35.5. The van der Waals surface area contributed by atoms with Gasteiger partial charge in [0.2, 0.25) is 0 Å². The van der Waals surface area contributed by atoms with Gasteiger partial charge in [-0.05, 0) is 24.8 Å². The van der Waals surface area contributed by atoms with Crippen LogP contribution < -0.4 is 0 Å². The SMILES string of the molecule is CC(CN1CCC(Cl)C1)C1CCC1. The molecule has 1 saturated carbocycles. The van der Waals surface area contributed by atoms with E-state index in [0.717, 1.165) is 18.4 Å². The van der Waals surface area contributed by atoms with Gasteiger partial charge in [0, 0.05) is 18.5 Å². The van der Waals surface area contributed by atoms with Gasteiger partial charge >= 0.3 is 0 Å². The average Bonchev–Trinajstić information content (AvgIpc) is 2.31. The molecule has 0 spiro atoms. The molecule has 1 aliphatic heterocycles. The van der Waals surface area contributed by atoms with Gasteiger partial charge in [-0.15, -0.1) is 11.6 Å². The van der Waals surface area contributed by atoms with Crippen LogP contribution in [0.1, 0.15) is 32.6 Å². The number of alkyl halides is 1. The summed E-state index contributed by atoms with van der Waals surface area (Å²) in [5.41, 5.74) is 0. The maximum absolute atomic E-state index is 6.08. The summed E-state index contributed by atoms with van der Waals surface area (Å²) >= 11 is 6.08. The summed E-state index contributed by atoms with van der Waals surface area (Å²) in [6, 6.07) is 0. The predicted octanol–water partition coefficient (Wildman–Crippen LogP) is 2.74. The topological polar surface area (TPSA) is 3.24 Å². The molecule has 1 heterocycles. The van der Waals surface area contributed by atoms with Crippen molar-refractivity contribution in [2.75, 3.05) is 19.6 Å². The third kappa shape index (κ3) is 2.38. The Morgan fingerprint density at radius 2 is 2.15 bits per heavy atom. The molecule has 2 rings (SSSR count). The van der Waals surface area contributed by atoms with E-state index in [9.17, 15) is 0 Å². The summed E-state index contributed by atoms with van der Waals surface area (Å²) in [6.45, 7) is 6.04. The quantitative estimate of drug-likeness (QED) is 0.635. The smallest absolute Gasteiger partial charge is 0.0475 e. The van der Waals surface area contributed by atoms with Crippen LogP contribution in [-0.2, 0) is 0 Å². The minimum absolute atomic E-state index is 0.425. The first-order valence-electron chi connectivity index (χ1n) is 5.62. The molecule has 0 aromatic heterocycles. The Morgan fingerprint density at radius 1 is 1.38 bits per heavy atom. The van der Waals surface area contributed by atoms with Crippen LogP contribution in [0.25, 0.3) is 0 Å². The van der Waals surface area contributed by atoms with E-state index >= 15 is 0 Å². The maximum Gasteiger partial charge on any atom is 0.0475 e. The fourth-order valence-electron chi connectivity index (χ4n) is 2.52. The number of hydrogen-bond donors (Lipinski definition) is 0. The van der Waals surface area contributed by atoms with Crippen molar-refractivity contribution in [2.45, 2.75) is 38.0 Å². The Bertz CT molecular complexity index is 167. The standard InChI is InChI=1S/C11H20ClN/c1-9(10-3-2-4-10)7-13-6-5-11(12)8-13/h9-11H,2-8H2,1H3. The zero-order chi connectivity index (χ0) is 9.26. The highest BCUT2D eigenvalue weighted by Crippen LogP contribution is 2.34. The van der Waals surface area contributed by atoms with Crippen molar-refractivity contribution in [1.29, 1.82) is 0 Å². The second-order valence-electron chi connectivity index (χ2n) is 4.81. The van der Waals surface area contributed by atoms with Gasteiger partial charge in [-0.1, -0.05) is 26.2 Å². The molecule has 2 atom stereocenters. The van der Waals surface area contributed by atoms with Crippen LogP contribution in [0.15, 0.2) is 0 Å². The Balaban J connectivity index is 1.71. The first kappa shape index (κ1) is 9.79. The van der Waals surface area contributed by atoms with Gasteiger partial charge in [-0.25, -0.2) is 0 Å². The minimum Gasteiger partial charge on any atom is -0.302 e. The molecule has 2 unspecified atom stereocenters. The highest BCUT2D eigenvalue weighted by molar-refractivity contribution is 6.20. The van der Waals surface area contributed by atoms with Crippen molar-refractivity contribution in [1.82, 2.24) is 4.90 Å². The van der Waals surface area contributed by atoms with E-state index in [2.05, 4.69) is 11.8 Å². The first-order chi connectivity index (χ1) is 6.25. The van der Waals surface area contributed by atoms with Gasteiger partial charge in [0.15, 0.2) is 0 Å². The molecule has 0 aromatic carbocycles. The van der Waals surface area contributed by atoms with Crippen molar-refractivity contribution in [3.05, 3.63) is 0 Å². The summed E-state index contributed by atoms with van der Waals surface area (Å²) in [6.07, 6.45) is 5.60. The van der Waals surface area contributed by atoms with Crippen LogP contribution in [-0.4, -0.2) is 29.9 Å². The van der Waals surface area contributed by atoms with Crippen molar-refractivity contribution in [3.8, 4) is 0 Å². The van der Waals surface area contributed by atoms with Crippen LogP contribution in [0.5, 0.6) is 0 Å². The minimum atomic E-state index is 0.425. The van der Waals surface area contributed by atoms with Crippen molar-refractivity contribution in [2.24, 2.45) is 11.8 Å². The van der Waals surface area contributed by atoms with Crippen LogP contribution >= 0.6 is 11.6 Å². The van der Waals surface area contributed by atoms with Crippen LogP contribution in [0.3, 0.4) is 0 Å². The maximum atomic E-state index is 6.08. The molecule has 76 valence electrons. The third-order valence-corrected chi connectivity index (χ3v) is 4.07. The van der Waals surface area contributed by atoms with Gasteiger partial charge in [0.05, 0.1) is 0 Å². The van der Waals surface area contributed by atoms with Crippen molar-refractivity contribution >= 4 is 11.6 Å².